The zero-order chi connectivity index (χ0) is 22.0. The summed E-state index contributed by atoms with van der Waals surface area (Å²) in [6, 6.07) is 2.67. The SMILES string of the molecule is COc1ccc(C(=O)N2CC(F)CC2Cn2cc(C(=O)N3CCCC3)nn2)c(OC)n1. The average Bonchev–Trinajstić information content (AvgIpc) is 3.54. The van der Waals surface area contributed by atoms with Crippen LogP contribution in [0.5, 0.6) is 11.8 Å². The Morgan fingerprint density at radius 3 is 2.65 bits per heavy atom. The molecule has 0 saturated carbocycles. The van der Waals surface area contributed by atoms with Crippen molar-refractivity contribution < 1.29 is 23.5 Å². The Bertz CT molecular complexity index is 961. The molecule has 2 unspecified atom stereocenters. The van der Waals surface area contributed by atoms with Gasteiger partial charge in [0.2, 0.25) is 11.8 Å². The minimum Gasteiger partial charge on any atom is -0.481 e. The molecule has 2 amide bonds. The Morgan fingerprint density at radius 1 is 1.16 bits per heavy atom. The van der Waals surface area contributed by atoms with E-state index in [4.69, 9.17) is 9.47 Å². The van der Waals surface area contributed by atoms with Crippen LogP contribution < -0.4 is 9.47 Å². The van der Waals surface area contributed by atoms with Crippen LogP contribution in [0.3, 0.4) is 0 Å². The predicted octanol–water partition coefficient (Wildman–Crippen LogP) is 1.18. The third kappa shape index (κ3) is 4.30. The van der Waals surface area contributed by atoms with Gasteiger partial charge in [0.05, 0.1) is 39.5 Å². The van der Waals surface area contributed by atoms with Crippen molar-refractivity contribution in [3.05, 3.63) is 29.6 Å². The number of carbonyl (C=O) groups excluding carboxylic acids is 2. The van der Waals surface area contributed by atoms with Crippen molar-refractivity contribution in [2.75, 3.05) is 33.9 Å². The second kappa shape index (κ2) is 8.86. The summed E-state index contributed by atoms with van der Waals surface area (Å²) in [5.74, 6) is -0.108. The Kier molecular flexibility index (Phi) is 6.01. The van der Waals surface area contributed by atoms with E-state index >= 15 is 0 Å². The van der Waals surface area contributed by atoms with Crippen molar-refractivity contribution in [3.8, 4) is 11.8 Å². The van der Waals surface area contributed by atoms with E-state index < -0.39 is 12.2 Å². The van der Waals surface area contributed by atoms with Gasteiger partial charge >= 0.3 is 0 Å². The van der Waals surface area contributed by atoms with Crippen molar-refractivity contribution in [2.24, 2.45) is 0 Å². The average molecular weight is 432 g/mol. The second-order valence-electron chi connectivity index (χ2n) is 7.68. The van der Waals surface area contributed by atoms with Crippen LogP contribution in [0.2, 0.25) is 0 Å². The highest BCUT2D eigenvalue weighted by atomic mass is 19.1. The fraction of sp³-hybridized carbons (Fsp3) is 0.550. The molecule has 2 aliphatic rings. The number of rotatable bonds is 6. The predicted molar refractivity (Wildman–Crippen MR) is 107 cm³/mol. The highest BCUT2D eigenvalue weighted by Gasteiger charge is 2.37. The molecule has 2 aromatic rings. The zero-order valence-corrected chi connectivity index (χ0v) is 17.5. The molecular weight excluding hydrogens is 407 g/mol. The van der Waals surface area contributed by atoms with Crippen molar-refractivity contribution in [1.82, 2.24) is 29.8 Å². The van der Waals surface area contributed by atoms with Crippen LogP contribution in [0, 0.1) is 0 Å². The summed E-state index contributed by atoms with van der Waals surface area (Å²) in [7, 11) is 2.88. The summed E-state index contributed by atoms with van der Waals surface area (Å²) in [4.78, 5) is 33.0. The number of hydrogen-bond donors (Lipinski definition) is 0. The van der Waals surface area contributed by atoms with Gasteiger partial charge in [-0.25, -0.2) is 9.07 Å². The number of alkyl halides is 1. The maximum Gasteiger partial charge on any atom is 0.276 e. The van der Waals surface area contributed by atoms with Crippen LogP contribution in [0.1, 0.15) is 40.1 Å². The molecule has 0 aromatic carbocycles. The molecule has 166 valence electrons. The Morgan fingerprint density at radius 2 is 1.94 bits per heavy atom. The molecule has 0 spiro atoms. The molecule has 0 radical (unpaired) electrons. The molecule has 2 saturated heterocycles. The number of halogens is 1. The summed E-state index contributed by atoms with van der Waals surface area (Å²) < 4.78 is 26.1. The van der Waals surface area contributed by atoms with Gasteiger partial charge in [0.15, 0.2) is 5.69 Å². The molecule has 2 aromatic heterocycles. The first-order valence-corrected chi connectivity index (χ1v) is 10.2. The van der Waals surface area contributed by atoms with Crippen LogP contribution in [-0.4, -0.2) is 87.7 Å². The number of amides is 2. The standard InChI is InChI=1S/C20H25FN6O4/c1-30-17-6-5-15(18(22-17)31-2)19(28)27-10-13(21)9-14(27)11-26-12-16(23-24-26)20(29)25-7-3-4-8-25/h5-6,12-14H,3-4,7-11H2,1-2H3. The van der Waals surface area contributed by atoms with Crippen molar-refractivity contribution in [1.29, 1.82) is 0 Å². The number of methoxy groups -OCH3 is 2. The summed E-state index contributed by atoms with van der Waals surface area (Å²) in [5, 5.41) is 8.00. The van der Waals surface area contributed by atoms with Gasteiger partial charge in [-0.2, -0.15) is 4.98 Å². The first kappa shape index (κ1) is 21.0. The minimum atomic E-state index is -1.15. The lowest BCUT2D eigenvalue weighted by atomic mass is 10.2. The number of pyridine rings is 1. The van der Waals surface area contributed by atoms with E-state index in [2.05, 4.69) is 15.3 Å². The molecule has 10 nitrogen and oxygen atoms in total. The Balaban J connectivity index is 1.50. The van der Waals surface area contributed by atoms with E-state index in [-0.39, 0.29) is 48.5 Å². The van der Waals surface area contributed by atoms with E-state index in [0.29, 0.717) is 5.88 Å². The van der Waals surface area contributed by atoms with Gasteiger partial charge in [-0.15, -0.1) is 5.10 Å². The monoisotopic (exact) mass is 432 g/mol. The summed E-state index contributed by atoms with van der Waals surface area (Å²) >= 11 is 0. The van der Waals surface area contributed by atoms with E-state index in [0.717, 1.165) is 25.9 Å². The topological polar surface area (TPSA) is 103 Å². The Hall–Kier alpha value is -3.24. The van der Waals surface area contributed by atoms with Gasteiger partial charge in [-0.05, 0) is 18.9 Å². The van der Waals surface area contributed by atoms with Crippen LogP contribution in [-0.2, 0) is 6.54 Å². The van der Waals surface area contributed by atoms with E-state index in [1.165, 1.54) is 23.8 Å². The highest BCUT2D eigenvalue weighted by molar-refractivity contribution is 5.97. The largest absolute Gasteiger partial charge is 0.481 e. The van der Waals surface area contributed by atoms with Crippen molar-refractivity contribution in [3.63, 3.8) is 0 Å². The first-order valence-electron chi connectivity index (χ1n) is 10.2. The number of hydrogen-bond acceptors (Lipinski definition) is 7. The molecule has 4 heterocycles. The summed E-state index contributed by atoms with van der Waals surface area (Å²) in [6.07, 6.45) is 2.55. The van der Waals surface area contributed by atoms with Crippen LogP contribution >= 0.6 is 0 Å². The highest BCUT2D eigenvalue weighted by Crippen LogP contribution is 2.28. The van der Waals surface area contributed by atoms with Gasteiger partial charge in [0.1, 0.15) is 11.7 Å². The van der Waals surface area contributed by atoms with E-state index in [1.54, 1.807) is 23.2 Å². The normalized spacial score (nSPS) is 20.9. The molecule has 2 fully saturated rings. The lowest BCUT2D eigenvalue weighted by Gasteiger charge is -2.24. The molecule has 0 N–H and O–H groups in total. The molecule has 2 aliphatic heterocycles. The van der Waals surface area contributed by atoms with Gasteiger partial charge in [0.25, 0.3) is 11.8 Å². The molecule has 0 bridgehead atoms. The summed E-state index contributed by atoms with van der Waals surface area (Å²) in [6.45, 7) is 1.64. The van der Waals surface area contributed by atoms with Crippen LogP contribution in [0.4, 0.5) is 4.39 Å². The number of carbonyl (C=O) groups is 2. The van der Waals surface area contributed by atoms with Gasteiger partial charge in [-0.1, -0.05) is 5.21 Å². The molecule has 11 heteroatoms. The lowest BCUT2D eigenvalue weighted by molar-refractivity contribution is 0.0709. The quantitative estimate of drug-likeness (QED) is 0.675. The minimum absolute atomic E-state index is 0.0348. The van der Waals surface area contributed by atoms with Crippen molar-refractivity contribution >= 4 is 11.8 Å². The van der Waals surface area contributed by atoms with E-state index in [9.17, 15) is 14.0 Å². The molecule has 0 aliphatic carbocycles. The second-order valence-corrected chi connectivity index (χ2v) is 7.68. The maximum absolute atomic E-state index is 14.3. The fourth-order valence-corrected chi connectivity index (χ4v) is 4.08. The first-order chi connectivity index (χ1) is 15.0. The summed E-state index contributed by atoms with van der Waals surface area (Å²) in [5.41, 5.74) is 0.487. The maximum atomic E-state index is 14.3. The molecule has 4 rings (SSSR count). The smallest absolute Gasteiger partial charge is 0.276 e. The number of aromatic nitrogens is 4. The molecular formula is C20H25FN6O4. The van der Waals surface area contributed by atoms with Gasteiger partial charge in [-0.3, -0.25) is 9.59 Å². The molecule has 2 atom stereocenters. The fourth-order valence-electron chi connectivity index (χ4n) is 4.08. The third-order valence-corrected chi connectivity index (χ3v) is 5.64. The number of likely N-dealkylation sites (tertiary alicyclic amines) is 2. The third-order valence-electron chi connectivity index (χ3n) is 5.64. The molecule has 31 heavy (non-hydrogen) atoms. The lowest BCUT2D eigenvalue weighted by Crippen LogP contribution is -2.38. The zero-order valence-electron chi connectivity index (χ0n) is 17.5. The van der Waals surface area contributed by atoms with E-state index in [1.807, 2.05) is 0 Å². The van der Waals surface area contributed by atoms with Gasteiger partial charge in [0, 0.05) is 25.6 Å². The van der Waals surface area contributed by atoms with Gasteiger partial charge < -0.3 is 19.3 Å². The van der Waals surface area contributed by atoms with Crippen LogP contribution in [0.25, 0.3) is 0 Å². The number of ether oxygens (including phenoxy) is 2. The van der Waals surface area contributed by atoms with Crippen LogP contribution in [0.15, 0.2) is 18.3 Å². The van der Waals surface area contributed by atoms with Crippen molar-refractivity contribution in [2.45, 2.75) is 38.0 Å². The number of nitrogens with zero attached hydrogens (tertiary/aromatic N) is 6. The Labute approximate surface area is 178 Å².